The zero-order chi connectivity index (χ0) is 20.5. The fourth-order valence-corrected chi connectivity index (χ4v) is 4.23. The molecule has 3 rings (SSSR count). The van der Waals surface area contributed by atoms with Crippen molar-refractivity contribution in [1.82, 2.24) is 15.5 Å². The van der Waals surface area contributed by atoms with E-state index in [1.54, 1.807) is 11.3 Å². The number of thiophene rings is 1. The van der Waals surface area contributed by atoms with Gasteiger partial charge in [-0.15, -0.1) is 35.3 Å². The second-order valence-corrected chi connectivity index (χ2v) is 8.19. The predicted octanol–water partition coefficient (Wildman–Crippen LogP) is 3.34. The van der Waals surface area contributed by atoms with Crippen LogP contribution in [-0.4, -0.2) is 61.9 Å². The van der Waals surface area contributed by atoms with Gasteiger partial charge in [0, 0.05) is 31.1 Å². The van der Waals surface area contributed by atoms with Crippen LogP contribution in [0, 0.1) is 6.92 Å². The molecule has 1 fully saturated rings. The third-order valence-electron chi connectivity index (χ3n) is 5.05. The molecule has 166 valence electrons. The summed E-state index contributed by atoms with van der Waals surface area (Å²) in [5.74, 6) is 0.730. The van der Waals surface area contributed by atoms with Crippen LogP contribution in [0.2, 0.25) is 0 Å². The summed E-state index contributed by atoms with van der Waals surface area (Å²) in [6, 6.07) is 12.5. The Morgan fingerprint density at radius 2 is 1.93 bits per heavy atom. The first-order chi connectivity index (χ1) is 14.2. The third kappa shape index (κ3) is 7.49. The molecule has 2 atom stereocenters. The molecule has 0 radical (unpaired) electrons. The van der Waals surface area contributed by atoms with Gasteiger partial charge in [-0.05, 0) is 30.9 Å². The summed E-state index contributed by atoms with van der Waals surface area (Å²) in [5, 5.41) is 19.2. The van der Waals surface area contributed by atoms with Gasteiger partial charge in [0.25, 0.3) is 0 Å². The standard InChI is InChI=1S/C22H32N4O2S.HI/c1-3-23-22(25-16-20(27)18-8-6-17(2)7-9-18)24-15-19(21-5-4-14-29-21)26-10-12-28-13-11-26;/h4-9,14,19-20,27H,3,10-13,15-16H2,1-2H3,(H2,23,24,25);1H. The monoisotopic (exact) mass is 544 g/mol. The molecule has 8 heteroatoms. The normalized spacial score (nSPS) is 17.1. The van der Waals surface area contributed by atoms with E-state index >= 15 is 0 Å². The maximum Gasteiger partial charge on any atom is 0.191 e. The van der Waals surface area contributed by atoms with Crippen molar-refractivity contribution < 1.29 is 9.84 Å². The largest absolute Gasteiger partial charge is 0.387 e. The van der Waals surface area contributed by atoms with E-state index in [2.05, 4.69) is 33.0 Å². The van der Waals surface area contributed by atoms with E-state index in [1.807, 2.05) is 38.1 Å². The van der Waals surface area contributed by atoms with E-state index in [0.29, 0.717) is 13.1 Å². The molecule has 1 aromatic heterocycles. The highest BCUT2D eigenvalue weighted by atomic mass is 127. The van der Waals surface area contributed by atoms with Gasteiger partial charge in [0.2, 0.25) is 0 Å². The van der Waals surface area contributed by atoms with E-state index in [9.17, 15) is 5.11 Å². The molecule has 0 amide bonds. The van der Waals surface area contributed by atoms with Crippen molar-refractivity contribution in [3.05, 3.63) is 57.8 Å². The molecule has 0 saturated carbocycles. The van der Waals surface area contributed by atoms with E-state index < -0.39 is 6.10 Å². The number of nitrogens with zero attached hydrogens (tertiary/aromatic N) is 2. The number of hydrogen-bond donors (Lipinski definition) is 3. The summed E-state index contributed by atoms with van der Waals surface area (Å²) in [6.45, 7) is 9.33. The summed E-state index contributed by atoms with van der Waals surface area (Å²) in [5.41, 5.74) is 2.09. The van der Waals surface area contributed by atoms with E-state index in [4.69, 9.17) is 9.73 Å². The van der Waals surface area contributed by atoms with Crippen molar-refractivity contribution in [1.29, 1.82) is 0 Å². The maximum atomic E-state index is 10.5. The molecule has 0 aliphatic carbocycles. The molecule has 1 aromatic carbocycles. The zero-order valence-corrected chi connectivity index (χ0v) is 20.9. The average Bonchev–Trinajstić information content (AvgIpc) is 3.27. The van der Waals surface area contributed by atoms with Gasteiger partial charge in [0.15, 0.2) is 5.96 Å². The van der Waals surface area contributed by atoms with Crippen LogP contribution in [0.3, 0.4) is 0 Å². The van der Waals surface area contributed by atoms with Crippen molar-refractivity contribution in [2.24, 2.45) is 4.99 Å². The van der Waals surface area contributed by atoms with Crippen LogP contribution in [0.4, 0.5) is 0 Å². The van der Waals surface area contributed by atoms with Crippen LogP contribution < -0.4 is 10.6 Å². The first-order valence-electron chi connectivity index (χ1n) is 10.3. The number of aliphatic imine (C=N–C) groups is 1. The molecule has 1 aliphatic heterocycles. The maximum absolute atomic E-state index is 10.5. The Morgan fingerprint density at radius 1 is 1.20 bits per heavy atom. The number of nitrogens with one attached hydrogen (secondary N) is 2. The number of hydrogen-bond acceptors (Lipinski definition) is 5. The summed E-state index contributed by atoms with van der Waals surface area (Å²) < 4.78 is 5.52. The Bertz CT molecular complexity index is 749. The van der Waals surface area contributed by atoms with Gasteiger partial charge in [0.05, 0.1) is 31.9 Å². The molecule has 30 heavy (non-hydrogen) atoms. The zero-order valence-electron chi connectivity index (χ0n) is 17.7. The Morgan fingerprint density at radius 3 is 2.57 bits per heavy atom. The molecule has 0 bridgehead atoms. The summed E-state index contributed by atoms with van der Waals surface area (Å²) in [7, 11) is 0. The average molecular weight is 545 g/mol. The number of guanidine groups is 1. The molecular weight excluding hydrogens is 511 g/mol. The second-order valence-electron chi connectivity index (χ2n) is 7.21. The van der Waals surface area contributed by atoms with Gasteiger partial charge in [-0.2, -0.15) is 0 Å². The molecule has 2 aromatic rings. The van der Waals surface area contributed by atoms with Crippen molar-refractivity contribution in [2.45, 2.75) is 26.0 Å². The molecule has 2 heterocycles. The Kier molecular flexibility index (Phi) is 11.1. The van der Waals surface area contributed by atoms with E-state index in [0.717, 1.165) is 44.4 Å². The highest BCUT2D eigenvalue weighted by Gasteiger charge is 2.23. The fourth-order valence-electron chi connectivity index (χ4n) is 3.37. The van der Waals surface area contributed by atoms with Crippen LogP contribution in [-0.2, 0) is 4.74 Å². The molecule has 6 nitrogen and oxygen atoms in total. The number of aliphatic hydroxyl groups is 1. The van der Waals surface area contributed by atoms with Gasteiger partial charge >= 0.3 is 0 Å². The number of aryl methyl sites for hydroxylation is 1. The van der Waals surface area contributed by atoms with Gasteiger partial charge < -0.3 is 20.5 Å². The Labute approximate surface area is 200 Å². The summed E-state index contributed by atoms with van der Waals surface area (Å²) >= 11 is 1.77. The van der Waals surface area contributed by atoms with Gasteiger partial charge in [-0.25, -0.2) is 0 Å². The van der Waals surface area contributed by atoms with Gasteiger partial charge in [-0.3, -0.25) is 9.89 Å². The Hall–Kier alpha value is -1.20. The van der Waals surface area contributed by atoms with E-state index in [-0.39, 0.29) is 30.0 Å². The number of rotatable bonds is 8. The number of halogens is 1. The Balaban J connectivity index is 0.00000320. The summed E-state index contributed by atoms with van der Waals surface area (Å²) in [4.78, 5) is 8.61. The minimum atomic E-state index is -0.577. The van der Waals surface area contributed by atoms with Crippen LogP contribution in [0.15, 0.2) is 46.8 Å². The minimum absolute atomic E-state index is 0. The number of morpholine rings is 1. The quantitative estimate of drug-likeness (QED) is 0.270. The van der Waals surface area contributed by atoms with E-state index in [1.165, 1.54) is 10.4 Å². The molecular formula is C22H33IN4O2S. The first kappa shape index (κ1) is 25.1. The number of ether oxygens (including phenoxy) is 1. The van der Waals surface area contributed by atoms with Crippen LogP contribution in [0.5, 0.6) is 0 Å². The predicted molar refractivity (Wildman–Crippen MR) is 135 cm³/mol. The van der Waals surface area contributed by atoms with Crippen LogP contribution >= 0.6 is 35.3 Å². The van der Waals surface area contributed by atoms with Crippen molar-refractivity contribution in [3.8, 4) is 0 Å². The second kappa shape index (κ2) is 13.3. The third-order valence-corrected chi connectivity index (χ3v) is 6.02. The fraction of sp³-hybridized carbons (Fsp3) is 0.500. The van der Waals surface area contributed by atoms with Crippen molar-refractivity contribution in [2.75, 3.05) is 45.9 Å². The first-order valence-corrected chi connectivity index (χ1v) is 11.2. The number of benzene rings is 1. The lowest BCUT2D eigenvalue weighted by Crippen LogP contribution is -2.42. The molecule has 3 N–H and O–H groups in total. The molecule has 1 saturated heterocycles. The lowest BCUT2D eigenvalue weighted by molar-refractivity contribution is 0.0186. The van der Waals surface area contributed by atoms with Crippen molar-refractivity contribution >= 4 is 41.3 Å². The lowest BCUT2D eigenvalue weighted by Gasteiger charge is -2.33. The van der Waals surface area contributed by atoms with Crippen molar-refractivity contribution in [3.63, 3.8) is 0 Å². The lowest BCUT2D eigenvalue weighted by atomic mass is 10.1. The smallest absolute Gasteiger partial charge is 0.191 e. The highest BCUT2D eigenvalue weighted by molar-refractivity contribution is 14.0. The van der Waals surface area contributed by atoms with Crippen LogP contribution in [0.1, 0.15) is 35.1 Å². The van der Waals surface area contributed by atoms with Gasteiger partial charge in [0.1, 0.15) is 0 Å². The molecule has 0 spiro atoms. The number of aliphatic hydroxyl groups excluding tert-OH is 1. The molecule has 1 aliphatic rings. The van der Waals surface area contributed by atoms with Crippen LogP contribution in [0.25, 0.3) is 0 Å². The topological polar surface area (TPSA) is 69.1 Å². The molecule has 2 unspecified atom stereocenters. The highest BCUT2D eigenvalue weighted by Crippen LogP contribution is 2.26. The van der Waals surface area contributed by atoms with Gasteiger partial charge in [-0.1, -0.05) is 35.9 Å². The summed E-state index contributed by atoms with van der Waals surface area (Å²) in [6.07, 6.45) is -0.577. The SMILES string of the molecule is CCNC(=NCC(c1cccs1)N1CCOCC1)NCC(O)c1ccc(C)cc1.I. The minimum Gasteiger partial charge on any atom is -0.387 e.